The van der Waals surface area contributed by atoms with Crippen molar-refractivity contribution in [2.45, 2.75) is 31.7 Å². The van der Waals surface area contributed by atoms with Crippen molar-refractivity contribution in [2.24, 2.45) is 0 Å². The first kappa shape index (κ1) is 24.1. The van der Waals surface area contributed by atoms with Gasteiger partial charge < -0.3 is 15.1 Å². The summed E-state index contributed by atoms with van der Waals surface area (Å²) in [6.07, 6.45) is 1.37. The highest BCUT2D eigenvalue weighted by molar-refractivity contribution is 9.10. The zero-order chi connectivity index (χ0) is 24.1. The Morgan fingerprint density at radius 3 is 2.39 bits per heavy atom. The molecule has 10 heteroatoms. The van der Waals surface area contributed by atoms with E-state index < -0.39 is 28.6 Å². The maximum absolute atomic E-state index is 12.9. The molecule has 1 fully saturated rings. The summed E-state index contributed by atoms with van der Waals surface area (Å²) < 4.78 is 0.760. The number of aliphatic hydroxyl groups excluding tert-OH is 1. The van der Waals surface area contributed by atoms with Gasteiger partial charge in [0.15, 0.2) is 0 Å². The number of unbranched alkanes of at least 4 members (excludes halogenated alkanes) is 2. The molecule has 2 N–H and O–H groups in total. The third-order valence-electron chi connectivity index (χ3n) is 5.34. The maximum Gasteiger partial charge on any atom is 0.303 e. The lowest BCUT2D eigenvalue weighted by Gasteiger charge is -2.25. The first-order valence-corrected chi connectivity index (χ1v) is 11.0. The molecular weight excluding hydrogens is 496 g/mol. The molecule has 1 amide bonds. The predicted octanol–water partition coefficient (Wildman–Crippen LogP) is 4.42. The second kappa shape index (κ2) is 10.4. The van der Waals surface area contributed by atoms with Crippen LogP contribution in [0.4, 0.5) is 5.69 Å². The number of ketones is 1. The molecule has 0 bridgehead atoms. The Bertz CT molecular complexity index is 1130. The summed E-state index contributed by atoms with van der Waals surface area (Å²) in [6.45, 7) is 0.134. The zero-order valence-electron chi connectivity index (χ0n) is 17.4. The number of Topliss-reactive ketones (excluding diaryl/α,β-unsaturated/α-hetero) is 1. The topological polar surface area (TPSA) is 138 Å². The van der Waals surface area contributed by atoms with Gasteiger partial charge >= 0.3 is 5.97 Å². The molecule has 0 aromatic heterocycles. The number of hydrogen-bond donors (Lipinski definition) is 2. The number of aliphatic carboxylic acids is 1. The Labute approximate surface area is 197 Å². The molecule has 3 rings (SSSR count). The molecule has 2 aromatic carbocycles. The fraction of sp³-hybridized carbons (Fsp3) is 0.261. The van der Waals surface area contributed by atoms with Crippen molar-refractivity contribution in [3.8, 4) is 0 Å². The molecule has 0 aliphatic carbocycles. The predicted molar refractivity (Wildman–Crippen MR) is 122 cm³/mol. The Hall–Kier alpha value is -3.53. The van der Waals surface area contributed by atoms with Crippen LogP contribution < -0.4 is 0 Å². The molecule has 172 valence electrons. The van der Waals surface area contributed by atoms with Gasteiger partial charge in [0, 0.05) is 35.1 Å². The summed E-state index contributed by atoms with van der Waals surface area (Å²) in [6, 6.07) is 11.1. The van der Waals surface area contributed by atoms with Crippen molar-refractivity contribution in [1.29, 1.82) is 0 Å². The standard InChI is InChI=1S/C23H21BrN2O7/c24-16-10-8-14(9-11-16)21(29)19-20(15-5-4-6-17(13-15)26(32)33)25(23(31)22(19)30)12-3-1-2-7-18(27)28/h4-6,8-11,13,20,29H,1-3,7,12H2,(H,27,28)/t20-/m0/s1. The molecule has 1 heterocycles. The molecule has 0 radical (unpaired) electrons. The van der Waals surface area contributed by atoms with Crippen molar-refractivity contribution in [3.63, 3.8) is 0 Å². The van der Waals surface area contributed by atoms with Gasteiger partial charge in [0.1, 0.15) is 5.76 Å². The van der Waals surface area contributed by atoms with Crippen molar-refractivity contribution in [2.75, 3.05) is 6.54 Å². The van der Waals surface area contributed by atoms with E-state index in [-0.39, 0.29) is 30.0 Å². The van der Waals surface area contributed by atoms with Crippen molar-refractivity contribution in [3.05, 3.63) is 79.8 Å². The number of non-ortho nitro benzene ring substituents is 1. The van der Waals surface area contributed by atoms with E-state index in [1.165, 1.54) is 23.1 Å². The highest BCUT2D eigenvalue weighted by Gasteiger charge is 2.46. The monoisotopic (exact) mass is 516 g/mol. The van der Waals surface area contributed by atoms with Gasteiger partial charge in [0.05, 0.1) is 16.5 Å². The molecule has 1 aliphatic heterocycles. The number of likely N-dealkylation sites (tertiary alicyclic amines) is 1. The lowest BCUT2D eigenvalue weighted by molar-refractivity contribution is -0.384. The fourth-order valence-corrected chi connectivity index (χ4v) is 4.03. The number of carbonyl (C=O) groups excluding carboxylic acids is 2. The molecule has 33 heavy (non-hydrogen) atoms. The second-order valence-corrected chi connectivity index (χ2v) is 8.47. The smallest absolute Gasteiger partial charge is 0.303 e. The van der Waals surface area contributed by atoms with Gasteiger partial charge in [-0.05, 0) is 30.5 Å². The summed E-state index contributed by atoms with van der Waals surface area (Å²) in [7, 11) is 0. The number of rotatable bonds is 9. The fourth-order valence-electron chi connectivity index (χ4n) is 3.76. The quantitative estimate of drug-likeness (QED) is 0.125. The first-order valence-electron chi connectivity index (χ1n) is 10.2. The third kappa shape index (κ3) is 5.46. The summed E-state index contributed by atoms with van der Waals surface area (Å²) in [4.78, 5) is 48.5. The van der Waals surface area contributed by atoms with Gasteiger partial charge in [-0.1, -0.05) is 46.6 Å². The Balaban J connectivity index is 2.02. The summed E-state index contributed by atoms with van der Waals surface area (Å²) in [5.74, 6) is -2.98. The molecule has 9 nitrogen and oxygen atoms in total. The Kier molecular flexibility index (Phi) is 7.59. The van der Waals surface area contributed by atoms with E-state index in [2.05, 4.69) is 15.9 Å². The number of amides is 1. The SMILES string of the molecule is O=C(O)CCCCCN1C(=O)C(=O)C(=C(O)c2ccc(Br)cc2)[C@@H]1c1cccc([N+](=O)[O-])c1. The molecule has 2 aromatic rings. The minimum Gasteiger partial charge on any atom is -0.507 e. The highest BCUT2D eigenvalue weighted by atomic mass is 79.9. The summed E-state index contributed by atoms with van der Waals surface area (Å²) >= 11 is 3.30. The zero-order valence-corrected chi connectivity index (χ0v) is 19.0. The van der Waals surface area contributed by atoms with Crippen LogP contribution in [0.15, 0.2) is 58.6 Å². The highest BCUT2D eigenvalue weighted by Crippen LogP contribution is 2.40. The van der Waals surface area contributed by atoms with Crippen LogP contribution in [0, 0.1) is 10.1 Å². The lowest BCUT2D eigenvalue weighted by atomic mass is 9.95. The summed E-state index contributed by atoms with van der Waals surface area (Å²) in [5.41, 5.74) is 0.303. The largest absolute Gasteiger partial charge is 0.507 e. The minimum atomic E-state index is -1.01. The van der Waals surface area contributed by atoms with E-state index in [9.17, 15) is 29.6 Å². The minimum absolute atomic E-state index is 0.00328. The van der Waals surface area contributed by atoms with Gasteiger partial charge in [-0.2, -0.15) is 0 Å². The van der Waals surface area contributed by atoms with E-state index in [1.807, 2.05) is 0 Å². The van der Waals surface area contributed by atoms with Gasteiger partial charge in [-0.15, -0.1) is 0 Å². The third-order valence-corrected chi connectivity index (χ3v) is 5.87. The molecular formula is C23H21BrN2O7. The van der Waals surface area contributed by atoms with Crippen molar-refractivity contribution in [1.82, 2.24) is 4.90 Å². The average Bonchev–Trinajstić information content (AvgIpc) is 3.03. The number of hydrogen-bond acceptors (Lipinski definition) is 6. The number of benzene rings is 2. The molecule has 0 saturated carbocycles. The van der Waals surface area contributed by atoms with Crippen LogP contribution in [0.1, 0.15) is 42.9 Å². The van der Waals surface area contributed by atoms with Gasteiger partial charge in [-0.25, -0.2) is 0 Å². The van der Waals surface area contributed by atoms with E-state index >= 15 is 0 Å². The second-order valence-electron chi connectivity index (χ2n) is 7.56. The van der Waals surface area contributed by atoms with Gasteiger partial charge in [0.25, 0.3) is 17.4 Å². The number of halogens is 1. The molecule has 1 atom stereocenters. The van der Waals surface area contributed by atoms with Gasteiger partial charge in [-0.3, -0.25) is 24.5 Å². The number of nitro benzene ring substituents is 1. The molecule has 0 spiro atoms. The van der Waals surface area contributed by atoms with Crippen LogP contribution >= 0.6 is 15.9 Å². The lowest BCUT2D eigenvalue weighted by Crippen LogP contribution is -2.30. The molecule has 1 aliphatic rings. The molecule has 0 unspecified atom stereocenters. The van der Waals surface area contributed by atoms with Gasteiger partial charge in [0.2, 0.25) is 0 Å². The van der Waals surface area contributed by atoms with Crippen LogP contribution in [-0.4, -0.2) is 44.2 Å². The van der Waals surface area contributed by atoms with E-state index in [1.54, 1.807) is 30.3 Å². The van der Waals surface area contributed by atoms with Crippen LogP contribution in [0.5, 0.6) is 0 Å². The van der Waals surface area contributed by atoms with Crippen LogP contribution in [-0.2, 0) is 14.4 Å². The number of carboxylic acid groups (broad SMARTS) is 1. The van der Waals surface area contributed by atoms with Crippen molar-refractivity contribution >= 4 is 45.0 Å². The number of aliphatic hydroxyl groups is 1. The van der Waals surface area contributed by atoms with E-state index in [4.69, 9.17) is 5.11 Å². The van der Waals surface area contributed by atoms with Crippen LogP contribution in [0.25, 0.3) is 5.76 Å². The normalized spacial score (nSPS) is 17.4. The van der Waals surface area contributed by atoms with Crippen molar-refractivity contribution < 1.29 is 29.5 Å². The Morgan fingerprint density at radius 2 is 1.76 bits per heavy atom. The van der Waals surface area contributed by atoms with E-state index in [0.717, 1.165) is 4.47 Å². The van der Waals surface area contributed by atoms with Crippen LogP contribution in [0.2, 0.25) is 0 Å². The Morgan fingerprint density at radius 1 is 1.06 bits per heavy atom. The summed E-state index contributed by atoms with van der Waals surface area (Å²) in [5, 5.41) is 31.0. The number of carboxylic acids is 1. The van der Waals surface area contributed by atoms with Crippen LogP contribution in [0.3, 0.4) is 0 Å². The maximum atomic E-state index is 12.9. The first-order chi connectivity index (χ1) is 15.7. The molecule has 1 saturated heterocycles. The average molecular weight is 517 g/mol. The van der Waals surface area contributed by atoms with E-state index in [0.29, 0.717) is 30.4 Å². The number of carbonyl (C=O) groups is 3. The number of nitro groups is 1. The number of nitrogens with zero attached hydrogens (tertiary/aromatic N) is 2.